The maximum Gasteiger partial charge on any atom is 0.205 e. The van der Waals surface area contributed by atoms with Crippen molar-refractivity contribution in [3.63, 3.8) is 0 Å². The number of unbranched alkanes of at least 4 members (excludes halogenated alkanes) is 1. The van der Waals surface area contributed by atoms with Gasteiger partial charge < -0.3 is 9.67 Å². The molecule has 30 heavy (non-hydrogen) atoms. The first-order chi connectivity index (χ1) is 14.7. The first kappa shape index (κ1) is 20.3. The molecule has 0 spiro atoms. The van der Waals surface area contributed by atoms with Gasteiger partial charge >= 0.3 is 0 Å². The van der Waals surface area contributed by atoms with E-state index in [0.29, 0.717) is 23.2 Å². The standard InChI is InChI=1S/C22H23ClN6O/c1-2-3-8-20-24-19(14-30)21(23)29(20)13-15-9-11-16(12-10-15)17-6-4-5-7-18(17)22-25-27-28-26-22/h4-7,9-12,30H,2-3,8,13-14H2,1H3,(H,25,26,27,28). The van der Waals surface area contributed by atoms with Gasteiger partial charge in [-0.1, -0.05) is 73.5 Å². The summed E-state index contributed by atoms with van der Waals surface area (Å²) in [6, 6.07) is 16.3. The van der Waals surface area contributed by atoms with E-state index in [4.69, 9.17) is 11.6 Å². The lowest BCUT2D eigenvalue weighted by atomic mass is 9.98. The highest BCUT2D eigenvalue weighted by atomic mass is 35.5. The van der Waals surface area contributed by atoms with Crippen molar-refractivity contribution in [1.82, 2.24) is 30.2 Å². The monoisotopic (exact) mass is 422 g/mol. The van der Waals surface area contributed by atoms with Crippen molar-refractivity contribution in [2.75, 3.05) is 0 Å². The maximum absolute atomic E-state index is 9.54. The molecular formula is C22H23ClN6O. The van der Waals surface area contributed by atoms with Gasteiger partial charge in [-0.15, -0.1) is 10.2 Å². The molecule has 154 valence electrons. The molecule has 0 radical (unpaired) electrons. The number of tetrazole rings is 1. The molecule has 0 atom stereocenters. The largest absolute Gasteiger partial charge is 0.390 e. The molecule has 7 nitrogen and oxygen atoms in total. The third-order valence-electron chi connectivity index (χ3n) is 5.07. The molecular weight excluding hydrogens is 400 g/mol. The summed E-state index contributed by atoms with van der Waals surface area (Å²) in [6.07, 6.45) is 2.95. The molecule has 0 aliphatic carbocycles. The van der Waals surface area contributed by atoms with E-state index in [1.54, 1.807) is 0 Å². The van der Waals surface area contributed by atoms with Crippen molar-refractivity contribution >= 4 is 11.6 Å². The number of halogens is 1. The lowest BCUT2D eigenvalue weighted by molar-refractivity contribution is 0.277. The number of rotatable bonds is 8. The van der Waals surface area contributed by atoms with Gasteiger partial charge in [0.05, 0.1) is 13.2 Å². The minimum Gasteiger partial charge on any atom is -0.390 e. The van der Waals surface area contributed by atoms with Crippen LogP contribution in [0.1, 0.15) is 36.8 Å². The van der Waals surface area contributed by atoms with Crippen LogP contribution in [0.2, 0.25) is 5.15 Å². The van der Waals surface area contributed by atoms with Crippen molar-refractivity contribution in [3.05, 3.63) is 70.8 Å². The molecule has 0 aliphatic heterocycles. The second-order valence-corrected chi connectivity index (χ2v) is 7.45. The predicted molar refractivity (Wildman–Crippen MR) is 116 cm³/mol. The Balaban J connectivity index is 1.61. The van der Waals surface area contributed by atoms with Gasteiger partial charge in [-0.05, 0) is 28.3 Å². The zero-order valence-corrected chi connectivity index (χ0v) is 17.5. The van der Waals surface area contributed by atoms with Crippen LogP contribution in [-0.2, 0) is 19.6 Å². The lowest BCUT2D eigenvalue weighted by Gasteiger charge is -2.11. The molecule has 0 fully saturated rings. The zero-order chi connectivity index (χ0) is 20.9. The van der Waals surface area contributed by atoms with E-state index in [9.17, 15) is 5.11 Å². The molecule has 2 aromatic heterocycles. The van der Waals surface area contributed by atoms with E-state index in [1.165, 1.54) is 0 Å². The van der Waals surface area contributed by atoms with Crippen LogP contribution < -0.4 is 0 Å². The van der Waals surface area contributed by atoms with Crippen molar-refractivity contribution in [3.8, 4) is 22.5 Å². The van der Waals surface area contributed by atoms with Crippen LogP contribution in [0.5, 0.6) is 0 Å². The van der Waals surface area contributed by atoms with Gasteiger partial charge in [-0.2, -0.15) is 5.21 Å². The fraction of sp³-hybridized carbons (Fsp3) is 0.273. The van der Waals surface area contributed by atoms with Gasteiger partial charge in [0.1, 0.15) is 16.7 Å². The summed E-state index contributed by atoms with van der Waals surface area (Å²) < 4.78 is 1.99. The average molecular weight is 423 g/mol. The van der Waals surface area contributed by atoms with Gasteiger partial charge in [0, 0.05) is 12.0 Å². The predicted octanol–water partition coefficient (Wildman–Crippen LogP) is 4.27. The van der Waals surface area contributed by atoms with Gasteiger partial charge in [0.25, 0.3) is 0 Å². The van der Waals surface area contributed by atoms with E-state index in [2.05, 4.69) is 56.8 Å². The molecule has 2 heterocycles. The summed E-state index contributed by atoms with van der Waals surface area (Å²) >= 11 is 6.48. The number of aromatic nitrogens is 6. The zero-order valence-electron chi connectivity index (χ0n) is 16.7. The Hall–Kier alpha value is -3.03. The van der Waals surface area contributed by atoms with E-state index in [1.807, 2.05) is 28.8 Å². The number of nitrogens with zero attached hydrogens (tertiary/aromatic N) is 5. The van der Waals surface area contributed by atoms with Crippen LogP contribution >= 0.6 is 11.6 Å². The van der Waals surface area contributed by atoms with E-state index in [0.717, 1.165) is 47.3 Å². The normalized spacial score (nSPS) is 11.2. The van der Waals surface area contributed by atoms with Gasteiger partial charge in [-0.3, -0.25) is 0 Å². The second-order valence-electron chi connectivity index (χ2n) is 7.09. The lowest BCUT2D eigenvalue weighted by Crippen LogP contribution is -2.05. The number of aromatic amines is 1. The van der Waals surface area contributed by atoms with Crippen LogP contribution in [0.15, 0.2) is 48.5 Å². The summed E-state index contributed by atoms with van der Waals surface area (Å²) in [4.78, 5) is 4.53. The van der Waals surface area contributed by atoms with Crippen LogP contribution in [-0.4, -0.2) is 35.3 Å². The Morgan fingerprint density at radius 3 is 2.50 bits per heavy atom. The molecule has 2 aromatic carbocycles. The number of aryl methyl sites for hydroxylation is 1. The maximum atomic E-state index is 9.54. The highest BCUT2D eigenvalue weighted by Crippen LogP contribution is 2.30. The first-order valence-corrected chi connectivity index (χ1v) is 10.4. The SMILES string of the molecule is CCCCc1nc(CO)c(Cl)n1Cc1ccc(-c2ccccc2-c2nn[nH]n2)cc1. The van der Waals surface area contributed by atoms with Gasteiger partial charge in [0.15, 0.2) is 0 Å². The number of hydrogen-bond donors (Lipinski definition) is 2. The molecule has 0 unspecified atom stereocenters. The third kappa shape index (κ3) is 4.13. The first-order valence-electron chi connectivity index (χ1n) is 9.98. The van der Waals surface area contributed by atoms with Crippen LogP contribution in [0, 0.1) is 0 Å². The molecule has 4 rings (SSSR count). The Bertz CT molecular complexity index is 1110. The number of imidazole rings is 1. The van der Waals surface area contributed by atoms with E-state index >= 15 is 0 Å². The molecule has 0 saturated heterocycles. The number of aliphatic hydroxyl groups excluding tert-OH is 1. The second kappa shape index (κ2) is 9.19. The molecule has 8 heteroatoms. The summed E-state index contributed by atoms with van der Waals surface area (Å²) in [6.45, 7) is 2.60. The van der Waals surface area contributed by atoms with Gasteiger partial charge in [0.2, 0.25) is 5.82 Å². The number of aliphatic hydroxyl groups is 1. The summed E-state index contributed by atoms with van der Waals surface area (Å²) in [5.74, 6) is 1.48. The smallest absolute Gasteiger partial charge is 0.205 e. The average Bonchev–Trinajstić information content (AvgIpc) is 3.42. The number of H-pyrrole nitrogens is 1. The van der Waals surface area contributed by atoms with E-state index in [-0.39, 0.29) is 6.61 Å². The van der Waals surface area contributed by atoms with Crippen LogP contribution in [0.25, 0.3) is 22.5 Å². The molecule has 0 saturated carbocycles. The number of nitrogens with one attached hydrogen (secondary N) is 1. The quantitative estimate of drug-likeness (QED) is 0.442. The minimum absolute atomic E-state index is 0.156. The molecule has 0 bridgehead atoms. The van der Waals surface area contributed by atoms with E-state index < -0.39 is 0 Å². The molecule has 2 N–H and O–H groups in total. The third-order valence-corrected chi connectivity index (χ3v) is 5.50. The van der Waals surface area contributed by atoms with Crippen LogP contribution in [0.4, 0.5) is 0 Å². The van der Waals surface area contributed by atoms with Crippen molar-refractivity contribution in [2.24, 2.45) is 0 Å². The van der Waals surface area contributed by atoms with Crippen molar-refractivity contribution in [2.45, 2.75) is 39.3 Å². The molecule has 0 amide bonds. The summed E-state index contributed by atoms with van der Waals surface area (Å²) in [7, 11) is 0. The summed E-state index contributed by atoms with van der Waals surface area (Å²) in [5.41, 5.74) is 4.67. The summed E-state index contributed by atoms with van der Waals surface area (Å²) in [5, 5.41) is 24.4. The Morgan fingerprint density at radius 1 is 1.07 bits per heavy atom. The van der Waals surface area contributed by atoms with Crippen LogP contribution in [0.3, 0.4) is 0 Å². The Kier molecular flexibility index (Phi) is 6.21. The molecule has 0 aliphatic rings. The fourth-order valence-electron chi connectivity index (χ4n) is 3.50. The Labute approximate surface area is 179 Å². The Morgan fingerprint density at radius 2 is 1.83 bits per heavy atom. The number of hydrogen-bond acceptors (Lipinski definition) is 5. The fourth-order valence-corrected chi connectivity index (χ4v) is 3.76. The topological polar surface area (TPSA) is 92.5 Å². The minimum atomic E-state index is -0.156. The highest BCUT2D eigenvalue weighted by molar-refractivity contribution is 6.30. The van der Waals surface area contributed by atoms with Crippen molar-refractivity contribution in [1.29, 1.82) is 0 Å². The molecule has 4 aromatic rings. The van der Waals surface area contributed by atoms with Gasteiger partial charge in [-0.25, -0.2) is 4.98 Å². The van der Waals surface area contributed by atoms with Crippen molar-refractivity contribution < 1.29 is 5.11 Å². The highest BCUT2D eigenvalue weighted by Gasteiger charge is 2.15. The number of benzene rings is 2.